The molecule has 21 heavy (non-hydrogen) atoms. The van der Waals surface area contributed by atoms with Crippen LogP contribution in [0.5, 0.6) is 0 Å². The Hall–Kier alpha value is -1.59. The Kier molecular flexibility index (Phi) is 110. The van der Waals surface area contributed by atoms with Gasteiger partial charge in [0.25, 0.3) is 0 Å². The van der Waals surface area contributed by atoms with E-state index >= 15 is 0 Å². The summed E-state index contributed by atoms with van der Waals surface area (Å²) in [5.74, 6) is 0. The Morgan fingerprint density at radius 3 is 1.43 bits per heavy atom. The molecule has 1 rings (SSSR count). The average Bonchev–Trinajstić information content (AvgIpc) is 2.63. The molecule has 0 saturated carbocycles. The van der Waals surface area contributed by atoms with Crippen LogP contribution in [0.1, 0.15) is 12.5 Å². The Labute approximate surface area is 135 Å². The predicted molar refractivity (Wildman–Crippen MR) is 59.8 cm³/mol. The average molecular weight is 326 g/mol. The molecule has 0 heterocycles. The van der Waals surface area contributed by atoms with E-state index in [1.807, 2.05) is 30.3 Å². The van der Waals surface area contributed by atoms with E-state index in [-0.39, 0.29) is 17.4 Å². The summed E-state index contributed by atoms with van der Waals surface area (Å²) in [5.41, 5.74) is 1.18. The van der Waals surface area contributed by atoms with Crippen LogP contribution in [0.4, 0.5) is 0 Å². The van der Waals surface area contributed by atoms with Gasteiger partial charge >= 0.3 is 56.5 Å². The molecule has 0 amide bonds. The van der Waals surface area contributed by atoms with Gasteiger partial charge in [-0.15, -0.1) is 0 Å². The van der Waals surface area contributed by atoms with Crippen molar-refractivity contribution in [1.29, 1.82) is 0 Å². The van der Waals surface area contributed by atoms with Gasteiger partial charge in [-0.05, 0) is 12.5 Å². The third-order valence-electron chi connectivity index (χ3n) is 1.23. The quantitative estimate of drug-likeness (QED) is 0.615. The standard InChI is InChI=1S/C9H10O.5CO.Cr/c1-2-10-8-9-6-4-3-5-7-9;5*1-2;/h3-7H,8H2,1H3;;;;;;. The van der Waals surface area contributed by atoms with Gasteiger partial charge in [0.1, 0.15) is 6.61 Å². The van der Waals surface area contributed by atoms with E-state index in [1.54, 1.807) is 6.92 Å². The van der Waals surface area contributed by atoms with E-state index in [9.17, 15) is 0 Å². The van der Waals surface area contributed by atoms with Gasteiger partial charge in [-0.3, -0.25) is 0 Å². The topological polar surface area (TPSA) is 109 Å². The van der Waals surface area contributed by atoms with Gasteiger partial charge in [0.2, 0.25) is 0 Å². The van der Waals surface area contributed by atoms with E-state index in [1.165, 1.54) is 5.56 Å². The van der Waals surface area contributed by atoms with Crippen molar-refractivity contribution in [3.05, 3.63) is 75.8 Å². The zero-order valence-corrected chi connectivity index (χ0v) is 12.2. The van der Waals surface area contributed by atoms with Crippen LogP contribution in [0.25, 0.3) is 0 Å². The van der Waals surface area contributed by atoms with Crippen molar-refractivity contribution < 1.29 is 45.4 Å². The fraction of sp³-hybridized carbons (Fsp3) is 0.143. The number of hydrogen-bond donors (Lipinski definition) is 0. The number of hydrogen-bond acceptors (Lipinski definition) is 1. The number of ether oxygens (including phenoxy) is 1. The molecular formula is C14H10CrO6. The van der Waals surface area contributed by atoms with Gasteiger partial charge in [0, 0.05) is 17.4 Å². The summed E-state index contributed by atoms with van der Waals surface area (Å²) in [6, 6.07) is 10.0. The number of benzene rings is 1. The van der Waals surface area contributed by atoms with Gasteiger partial charge in [-0.1, -0.05) is 30.3 Å². The first-order chi connectivity index (χ1) is 9.93. The molecule has 0 aliphatic heterocycles. The summed E-state index contributed by atoms with van der Waals surface area (Å²) in [6.07, 6.45) is 0. The van der Waals surface area contributed by atoms with Gasteiger partial charge in [-0.2, -0.15) is 0 Å². The van der Waals surface area contributed by atoms with Crippen LogP contribution in [0, 0.1) is 39.9 Å². The molecule has 0 saturated heterocycles. The van der Waals surface area contributed by atoms with Crippen molar-refractivity contribution in [2.45, 2.75) is 13.5 Å². The van der Waals surface area contributed by atoms with Crippen molar-refractivity contribution in [3.63, 3.8) is 0 Å². The van der Waals surface area contributed by atoms with E-state index in [0.717, 1.165) is 0 Å². The second kappa shape index (κ2) is 63.0. The summed E-state index contributed by atoms with van der Waals surface area (Å²) >= 11 is 0. The molecule has 1 aromatic rings. The monoisotopic (exact) mass is 326 g/mol. The van der Waals surface area contributed by atoms with Crippen LogP contribution < -0.4 is 0 Å². The second-order valence-electron chi connectivity index (χ2n) is 1.98. The van der Waals surface area contributed by atoms with Crippen LogP contribution in [0.15, 0.2) is 30.3 Å². The summed E-state index contributed by atoms with van der Waals surface area (Å²) in [5, 5.41) is 0. The van der Waals surface area contributed by atoms with E-state index in [4.69, 9.17) is 28.0 Å². The van der Waals surface area contributed by atoms with Crippen LogP contribution >= 0.6 is 0 Å². The first kappa shape index (κ1) is 36.6. The Bertz CT molecular complexity index is 318. The van der Waals surface area contributed by atoms with Gasteiger partial charge in [0.05, 0.1) is 6.61 Å². The minimum Gasteiger partial charge on any atom is 0 e. The minimum absolute atomic E-state index is 0. The molecule has 0 fully saturated rings. The fourth-order valence-corrected chi connectivity index (χ4v) is 0.730. The molecule has 0 bridgehead atoms. The van der Waals surface area contributed by atoms with Gasteiger partial charge < -0.3 is 4.74 Å². The summed E-state index contributed by atoms with van der Waals surface area (Å²) < 4.78 is 42.5. The van der Waals surface area contributed by atoms with Crippen molar-refractivity contribution in [2.24, 2.45) is 0 Å². The molecule has 7 heteroatoms. The first-order valence-electron chi connectivity index (χ1n) is 4.28. The maximum Gasteiger partial charge on any atom is 0 e. The van der Waals surface area contributed by atoms with Crippen LogP contribution in [0.2, 0.25) is 0 Å². The maximum absolute atomic E-state index is 7.50. The molecule has 0 aliphatic carbocycles. The maximum atomic E-state index is 7.50. The van der Waals surface area contributed by atoms with Gasteiger partial charge in [-0.25, -0.2) is 0 Å². The van der Waals surface area contributed by atoms with Crippen molar-refractivity contribution in [1.82, 2.24) is 0 Å². The second-order valence-corrected chi connectivity index (χ2v) is 1.98. The SMILES string of the molecule is C[C]OCc1ccccc1.[C-]#[O+].[C-]#[O+].[C-]#[O+].[C-]#[O+].[C-]#[O+].[Cr]. The molecule has 0 aliphatic rings. The molecule has 0 atom stereocenters. The van der Waals surface area contributed by atoms with Crippen LogP contribution in [-0.4, -0.2) is 0 Å². The fourth-order valence-electron chi connectivity index (χ4n) is 0.730. The van der Waals surface area contributed by atoms with E-state index in [2.05, 4.69) is 39.9 Å². The van der Waals surface area contributed by atoms with Crippen molar-refractivity contribution in [2.75, 3.05) is 0 Å². The Morgan fingerprint density at radius 2 is 1.14 bits per heavy atom. The molecule has 2 radical (unpaired) electrons. The predicted octanol–water partition coefficient (Wildman–Crippen LogP) is 2.07. The number of rotatable bonds is 3. The summed E-state index contributed by atoms with van der Waals surface area (Å²) in [7, 11) is 0. The van der Waals surface area contributed by atoms with Crippen molar-refractivity contribution >= 4 is 0 Å². The molecule has 108 valence electrons. The smallest absolute Gasteiger partial charge is 0 e. The zero-order valence-electron chi connectivity index (χ0n) is 11.0. The summed E-state index contributed by atoms with van der Waals surface area (Å²) in [4.78, 5) is 0. The zero-order chi connectivity index (χ0) is 17.2. The third-order valence-corrected chi connectivity index (χ3v) is 1.23. The summed E-state index contributed by atoms with van der Waals surface area (Å²) in [6.45, 7) is 27.5. The molecule has 0 spiro atoms. The van der Waals surface area contributed by atoms with E-state index in [0.29, 0.717) is 6.61 Å². The molecule has 0 unspecified atom stereocenters. The Balaban J connectivity index is -0.0000000440. The largest absolute Gasteiger partial charge is 0 e. The molecule has 0 aromatic heterocycles. The van der Waals surface area contributed by atoms with E-state index < -0.39 is 0 Å². The van der Waals surface area contributed by atoms with Gasteiger partial charge in [0.15, 0.2) is 0 Å². The normalized spacial score (nSPS) is 5.10. The van der Waals surface area contributed by atoms with Crippen molar-refractivity contribution in [3.8, 4) is 0 Å². The molecular weight excluding hydrogens is 316 g/mol. The minimum atomic E-state index is 0. The Morgan fingerprint density at radius 1 is 0.810 bits per heavy atom. The third kappa shape index (κ3) is 45.7. The first-order valence-corrected chi connectivity index (χ1v) is 4.28. The van der Waals surface area contributed by atoms with Crippen LogP contribution in [-0.2, 0) is 52.0 Å². The molecule has 1 aromatic carbocycles. The molecule has 0 N–H and O–H groups in total. The van der Waals surface area contributed by atoms with Crippen LogP contribution in [0.3, 0.4) is 0 Å². The molecule has 6 nitrogen and oxygen atoms in total.